The maximum absolute atomic E-state index is 12.0. The van der Waals surface area contributed by atoms with Crippen molar-refractivity contribution in [2.45, 2.75) is 39.8 Å². The minimum Gasteiger partial charge on any atom is -0.449 e. The van der Waals surface area contributed by atoms with E-state index in [4.69, 9.17) is 4.74 Å². The molecule has 8 heteroatoms. The van der Waals surface area contributed by atoms with E-state index in [0.717, 1.165) is 0 Å². The van der Waals surface area contributed by atoms with E-state index in [2.05, 4.69) is 16.0 Å². The van der Waals surface area contributed by atoms with Gasteiger partial charge in [-0.05, 0) is 39.0 Å². The Hall–Kier alpha value is -2.90. The summed E-state index contributed by atoms with van der Waals surface area (Å²) in [6.45, 7) is 6.19. The van der Waals surface area contributed by atoms with Crippen LogP contribution in [0.15, 0.2) is 24.3 Å². The average Bonchev–Trinajstić information content (AvgIpc) is 2.45. The Morgan fingerprint density at radius 2 is 1.75 bits per heavy atom. The Balaban J connectivity index is 2.64. The molecule has 0 saturated heterocycles. The number of rotatable bonds is 5. The van der Waals surface area contributed by atoms with Gasteiger partial charge in [0.1, 0.15) is 0 Å². The largest absolute Gasteiger partial charge is 0.449 e. The molecule has 0 heterocycles. The van der Waals surface area contributed by atoms with E-state index in [0.29, 0.717) is 5.69 Å². The lowest BCUT2D eigenvalue weighted by molar-refractivity contribution is -0.127. The molecule has 0 aliphatic carbocycles. The zero-order chi connectivity index (χ0) is 18.3. The van der Waals surface area contributed by atoms with Gasteiger partial charge < -0.3 is 15.4 Å². The Kier molecular flexibility index (Phi) is 6.91. The normalized spacial score (nSPS) is 11.4. The highest BCUT2D eigenvalue weighted by Gasteiger charge is 2.21. The van der Waals surface area contributed by atoms with Crippen LogP contribution >= 0.6 is 0 Å². The fraction of sp³-hybridized carbons (Fsp3) is 0.375. The van der Waals surface area contributed by atoms with Crippen LogP contribution in [0.2, 0.25) is 0 Å². The number of esters is 1. The van der Waals surface area contributed by atoms with Crippen LogP contribution < -0.4 is 16.0 Å². The molecule has 1 aromatic rings. The standard InChI is InChI=1S/C16H21N3O5/c1-9(2)17-16(23)19-14(21)10(3)24-15(22)12-6-5-7-13(8-12)18-11(4)20/h5-10H,1-4H3,(H,18,20)(H2,17,19,21,23)/t10-/m0/s1. The van der Waals surface area contributed by atoms with E-state index in [1.807, 2.05) is 0 Å². The number of hydrogen-bond donors (Lipinski definition) is 3. The molecule has 0 bridgehead atoms. The smallest absolute Gasteiger partial charge is 0.338 e. The molecule has 0 aromatic heterocycles. The summed E-state index contributed by atoms with van der Waals surface area (Å²) in [5.41, 5.74) is 0.609. The first kappa shape index (κ1) is 19.1. The number of ether oxygens (including phenoxy) is 1. The van der Waals surface area contributed by atoms with Gasteiger partial charge in [-0.1, -0.05) is 6.07 Å². The molecule has 8 nitrogen and oxygen atoms in total. The van der Waals surface area contributed by atoms with Crippen molar-refractivity contribution in [3.63, 3.8) is 0 Å². The summed E-state index contributed by atoms with van der Waals surface area (Å²) in [7, 11) is 0. The third kappa shape index (κ3) is 6.47. The van der Waals surface area contributed by atoms with Gasteiger partial charge in [-0.25, -0.2) is 9.59 Å². The van der Waals surface area contributed by atoms with Gasteiger partial charge in [0.15, 0.2) is 6.10 Å². The maximum Gasteiger partial charge on any atom is 0.338 e. The van der Waals surface area contributed by atoms with Crippen molar-refractivity contribution in [2.75, 3.05) is 5.32 Å². The topological polar surface area (TPSA) is 114 Å². The molecule has 0 saturated carbocycles. The summed E-state index contributed by atoms with van der Waals surface area (Å²) in [6, 6.07) is 5.31. The number of urea groups is 1. The summed E-state index contributed by atoms with van der Waals surface area (Å²) in [5, 5.41) is 7.11. The van der Waals surface area contributed by atoms with Gasteiger partial charge in [0.2, 0.25) is 5.91 Å². The molecule has 0 fully saturated rings. The molecule has 3 N–H and O–H groups in total. The van der Waals surface area contributed by atoms with Crippen LogP contribution in [0.4, 0.5) is 10.5 Å². The van der Waals surface area contributed by atoms with E-state index in [1.54, 1.807) is 26.0 Å². The number of carbonyl (C=O) groups excluding carboxylic acids is 4. The number of carbonyl (C=O) groups is 4. The monoisotopic (exact) mass is 335 g/mol. The van der Waals surface area contributed by atoms with E-state index < -0.39 is 24.0 Å². The van der Waals surface area contributed by atoms with Gasteiger partial charge in [0.05, 0.1) is 5.56 Å². The predicted molar refractivity (Wildman–Crippen MR) is 87.4 cm³/mol. The molecule has 0 spiro atoms. The first-order valence-electron chi connectivity index (χ1n) is 7.39. The quantitative estimate of drug-likeness (QED) is 0.704. The van der Waals surface area contributed by atoms with Crippen molar-refractivity contribution in [3.8, 4) is 0 Å². The van der Waals surface area contributed by atoms with Crippen LogP contribution in [0.5, 0.6) is 0 Å². The SMILES string of the molecule is CC(=O)Nc1cccc(C(=O)O[C@@H](C)C(=O)NC(=O)NC(C)C)c1. The highest BCUT2D eigenvalue weighted by Crippen LogP contribution is 2.12. The highest BCUT2D eigenvalue weighted by molar-refractivity contribution is 5.99. The molecule has 130 valence electrons. The van der Waals surface area contributed by atoms with Crippen molar-refractivity contribution in [2.24, 2.45) is 0 Å². The Morgan fingerprint density at radius 3 is 2.33 bits per heavy atom. The minimum absolute atomic E-state index is 0.132. The minimum atomic E-state index is -1.15. The van der Waals surface area contributed by atoms with Crippen LogP contribution in [-0.2, 0) is 14.3 Å². The number of anilines is 1. The third-order valence-corrected chi connectivity index (χ3v) is 2.73. The lowest BCUT2D eigenvalue weighted by Crippen LogP contribution is -2.46. The molecular weight excluding hydrogens is 314 g/mol. The average molecular weight is 335 g/mol. The number of imide groups is 1. The molecule has 24 heavy (non-hydrogen) atoms. The van der Waals surface area contributed by atoms with Crippen LogP contribution in [0.25, 0.3) is 0 Å². The second kappa shape index (κ2) is 8.66. The summed E-state index contributed by atoms with van der Waals surface area (Å²) in [6.07, 6.45) is -1.15. The van der Waals surface area contributed by atoms with Crippen LogP contribution in [-0.4, -0.2) is 36.0 Å². The molecule has 0 radical (unpaired) electrons. The lowest BCUT2D eigenvalue weighted by Gasteiger charge is -2.14. The second-order valence-corrected chi connectivity index (χ2v) is 5.43. The van der Waals surface area contributed by atoms with Crippen LogP contribution in [0.1, 0.15) is 38.1 Å². The molecule has 1 aromatic carbocycles. The van der Waals surface area contributed by atoms with E-state index in [9.17, 15) is 19.2 Å². The van der Waals surface area contributed by atoms with E-state index in [1.165, 1.54) is 26.0 Å². The molecular formula is C16H21N3O5. The first-order valence-corrected chi connectivity index (χ1v) is 7.39. The van der Waals surface area contributed by atoms with Crippen molar-refractivity contribution in [1.82, 2.24) is 10.6 Å². The van der Waals surface area contributed by atoms with Gasteiger partial charge in [0.25, 0.3) is 5.91 Å². The van der Waals surface area contributed by atoms with Gasteiger partial charge in [0, 0.05) is 18.7 Å². The molecule has 1 atom stereocenters. The Labute approximate surface area is 139 Å². The van der Waals surface area contributed by atoms with Crippen LogP contribution in [0.3, 0.4) is 0 Å². The summed E-state index contributed by atoms with van der Waals surface area (Å²) >= 11 is 0. The molecule has 1 rings (SSSR count). The van der Waals surface area contributed by atoms with Crippen molar-refractivity contribution in [1.29, 1.82) is 0 Å². The summed E-state index contributed by atoms with van der Waals surface area (Å²) in [4.78, 5) is 46.3. The number of nitrogens with one attached hydrogen (secondary N) is 3. The van der Waals surface area contributed by atoms with Crippen molar-refractivity contribution < 1.29 is 23.9 Å². The van der Waals surface area contributed by atoms with Gasteiger partial charge in [-0.2, -0.15) is 0 Å². The zero-order valence-corrected chi connectivity index (χ0v) is 14.0. The fourth-order valence-electron chi connectivity index (χ4n) is 1.72. The highest BCUT2D eigenvalue weighted by atomic mass is 16.5. The predicted octanol–water partition coefficient (Wildman–Crippen LogP) is 1.42. The van der Waals surface area contributed by atoms with Gasteiger partial charge >= 0.3 is 12.0 Å². The summed E-state index contributed by atoms with van der Waals surface area (Å²) in [5.74, 6) is -1.75. The number of benzene rings is 1. The number of amides is 4. The van der Waals surface area contributed by atoms with Gasteiger partial charge in [-0.3, -0.25) is 14.9 Å². The van der Waals surface area contributed by atoms with E-state index in [-0.39, 0.29) is 17.5 Å². The third-order valence-electron chi connectivity index (χ3n) is 2.73. The number of hydrogen-bond acceptors (Lipinski definition) is 5. The van der Waals surface area contributed by atoms with Gasteiger partial charge in [-0.15, -0.1) is 0 Å². The van der Waals surface area contributed by atoms with Crippen LogP contribution in [0, 0.1) is 0 Å². The zero-order valence-electron chi connectivity index (χ0n) is 14.0. The van der Waals surface area contributed by atoms with Crippen molar-refractivity contribution >= 4 is 29.5 Å². The Bertz CT molecular complexity index is 642. The fourth-order valence-corrected chi connectivity index (χ4v) is 1.72. The molecule has 0 unspecified atom stereocenters. The van der Waals surface area contributed by atoms with E-state index >= 15 is 0 Å². The molecule has 4 amide bonds. The van der Waals surface area contributed by atoms with Crippen molar-refractivity contribution in [3.05, 3.63) is 29.8 Å². The maximum atomic E-state index is 12.0. The first-order chi connectivity index (χ1) is 11.2. The molecule has 0 aliphatic heterocycles. The second-order valence-electron chi connectivity index (χ2n) is 5.43. The summed E-state index contributed by atoms with van der Waals surface area (Å²) < 4.78 is 5.02. The Morgan fingerprint density at radius 1 is 1.08 bits per heavy atom. The molecule has 0 aliphatic rings. The lowest BCUT2D eigenvalue weighted by atomic mass is 10.2.